The highest BCUT2D eigenvalue weighted by Crippen LogP contribution is 2.49. The summed E-state index contributed by atoms with van der Waals surface area (Å²) in [6.45, 7) is 5.77. The number of amides is 1. The number of benzene rings is 2. The molecule has 1 fully saturated rings. The molecule has 1 heterocycles. The molecule has 0 aromatic heterocycles. The molecule has 5 nitrogen and oxygen atoms in total. The largest absolute Gasteiger partial charge is 0.487 e. The standard InChI is InChI=1S/C24H29FN2O3/c1-3-27(4-2)24(29)18-13-19(26-14-15-9-11-16(25)12-10-15)22(28)23-21(18)17-7-5-6-8-20(17)30-23/h5-12,18-19,21-23,26,28H,3-4,13-14H2,1-2H3/t18?,19-,21+,22+,23+/m1/s1. The van der Waals surface area contributed by atoms with Crippen molar-refractivity contribution in [1.82, 2.24) is 10.2 Å². The summed E-state index contributed by atoms with van der Waals surface area (Å²) in [4.78, 5) is 15.3. The van der Waals surface area contributed by atoms with Crippen molar-refractivity contribution in [1.29, 1.82) is 0 Å². The molecular formula is C24H29FN2O3. The zero-order chi connectivity index (χ0) is 21.3. The molecule has 0 radical (unpaired) electrons. The van der Waals surface area contributed by atoms with Crippen LogP contribution in [0, 0.1) is 11.7 Å². The number of ether oxygens (including phenoxy) is 1. The maximum atomic E-state index is 13.4. The zero-order valence-corrected chi connectivity index (χ0v) is 17.4. The van der Waals surface area contributed by atoms with Gasteiger partial charge in [0.05, 0.1) is 5.92 Å². The number of nitrogens with one attached hydrogen (secondary N) is 1. The maximum absolute atomic E-state index is 13.4. The Bertz CT molecular complexity index is 884. The topological polar surface area (TPSA) is 61.8 Å². The minimum Gasteiger partial charge on any atom is -0.487 e. The van der Waals surface area contributed by atoms with E-state index < -0.39 is 12.2 Å². The Morgan fingerprint density at radius 1 is 1.17 bits per heavy atom. The van der Waals surface area contributed by atoms with Crippen molar-refractivity contribution >= 4 is 5.91 Å². The molecule has 2 N–H and O–H groups in total. The number of nitrogens with zero attached hydrogens (tertiary/aromatic N) is 1. The van der Waals surface area contributed by atoms with Crippen LogP contribution in [0.25, 0.3) is 0 Å². The molecule has 5 atom stereocenters. The summed E-state index contributed by atoms with van der Waals surface area (Å²) in [7, 11) is 0. The number of carbonyl (C=O) groups excluding carboxylic acids is 1. The van der Waals surface area contributed by atoms with Crippen molar-refractivity contribution in [3.63, 3.8) is 0 Å². The molecule has 4 rings (SSSR count). The Labute approximate surface area is 176 Å². The van der Waals surface area contributed by atoms with Crippen molar-refractivity contribution in [3.05, 3.63) is 65.5 Å². The number of halogens is 1. The average Bonchev–Trinajstić information content (AvgIpc) is 3.15. The lowest BCUT2D eigenvalue weighted by atomic mass is 9.70. The predicted molar refractivity (Wildman–Crippen MR) is 113 cm³/mol. The van der Waals surface area contributed by atoms with Gasteiger partial charge in [0.25, 0.3) is 0 Å². The highest BCUT2D eigenvalue weighted by molar-refractivity contribution is 5.81. The van der Waals surface area contributed by atoms with Crippen LogP contribution in [0.15, 0.2) is 48.5 Å². The molecule has 1 saturated carbocycles. The van der Waals surface area contributed by atoms with E-state index >= 15 is 0 Å². The first kappa shape index (κ1) is 20.8. The quantitative estimate of drug-likeness (QED) is 0.766. The number of fused-ring (bicyclic) bond motifs is 3. The van der Waals surface area contributed by atoms with Gasteiger partial charge >= 0.3 is 0 Å². The molecule has 1 amide bonds. The Balaban J connectivity index is 1.59. The van der Waals surface area contributed by atoms with Gasteiger partial charge in [-0.3, -0.25) is 4.79 Å². The van der Waals surface area contributed by atoms with Crippen molar-refractivity contribution in [2.45, 2.75) is 51.0 Å². The Hall–Kier alpha value is -2.44. The van der Waals surface area contributed by atoms with E-state index in [9.17, 15) is 14.3 Å². The van der Waals surface area contributed by atoms with Crippen LogP contribution in [-0.4, -0.2) is 47.3 Å². The fraction of sp³-hybridized carbons (Fsp3) is 0.458. The summed E-state index contributed by atoms with van der Waals surface area (Å²) in [5, 5.41) is 14.5. The Morgan fingerprint density at radius 3 is 2.57 bits per heavy atom. The van der Waals surface area contributed by atoms with Crippen LogP contribution in [0.4, 0.5) is 4.39 Å². The average molecular weight is 413 g/mol. The lowest BCUT2D eigenvalue weighted by Gasteiger charge is -2.42. The third-order valence-electron chi connectivity index (χ3n) is 6.46. The highest BCUT2D eigenvalue weighted by atomic mass is 19.1. The summed E-state index contributed by atoms with van der Waals surface area (Å²) < 4.78 is 19.3. The molecule has 0 saturated heterocycles. The van der Waals surface area contributed by atoms with E-state index in [2.05, 4.69) is 5.32 Å². The van der Waals surface area contributed by atoms with E-state index in [4.69, 9.17) is 4.74 Å². The number of para-hydroxylation sites is 1. The third-order valence-corrected chi connectivity index (χ3v) is 6.46. The van der Waals surface area contributed by atoms with Crippen molar-refractivity contribution in [2.75, 3.05) is 13.1 Å². The molecule has 1 aliphatic heterocycles. The number of rotatable bonds is 6. The molecule has 0 bridgehead atoms. The zero-order valence-electron chi connectivity index (χ0n) is 17.4. The van der Waals surface area contributed by atoms with Gasteiger partial charge in [-0.25, -0.2) is 4.39 Å². The molecule has 160 valence electrons. The number of carbonyl (C=O) groups is 1. The van der Waals surface area contributed by atoms with Crippen LogP contribution in [-0.2, 0) is 11.3 Å². The molecule has 2 aromatic rings. The minimum atomic E-state index is -0.747. The van der Waals surface area contributed by atoms with E-state index in [1.807, 2.05) is 43.0 Å². The molecule has 6 heteroatoms. The van der Waals surface area contributed by atoms with Crippen molar-refractivity contribution < 1.29 is 19.0 Å². The van der Waals surface area contributed by atoms with Gasteiger partial charge in [-0.2, -0.15) is 0 Å². The third kappa shape index (κ3) is 3.82. The maximum Gasteiger partial charge on any atom is 0.226 e. The number of hydrogen-bond acceptors (Lipinski definition) is 4. The van der Waals surface area contributed by atoms with E-state index in [1.165, 1.54) is 12.1 Å². The van der Waals surface area contributed by atoms with Gasteiger partial charge in [-0.05, 0) is 44.0 Å². The Morgan fingerprint density at radius 2 is 1.87 bits per heavy atom. The van der Waals surface area contributed by atoms with E-state index in [0.717, 1.165) is 16.9 Å². The van der Waals surface area contributed by atoms with Crippen LogP contribution in [0.1, 0.15) is 37.3 Å². The second kappa shape index (κ2) is 8.74. The molecule has 1 aliphatic carbocycles. The summed E-state index contributed by atoms with van der Waals surface area (Å²) >= 11 is 0. The molecular weight excluding hydrogens is 383 g/mol. The first-order valence-electron chi connectivity index (χ1n) is 10.7. The van der Waals surface area contributed by atoms with Gasteiger partial charge in [0.15, 0.2) is 0 Å². The fourth-order valence-electron chi connectivity index (χ4n) is 4.86. The summed E-state index contributed by atoms with van der Waals surface area (Å²) in [6, 6.07) is 13.8. The monoisotopic (exact) mass is 412 g/mol. The molecule has 0 spiro atoms. The summed E-state index contributed by atoms with van der Waals surface area (Å²) in [6.07, 6.45) is -0.689. The highest BCUT2D eigenvalue weighted by Gasteiger charge is 2.53. The molecule has 1 unspecified atom stereocenters. The number of aliphatic hydroxyl groups excluding tert-OH is 1. The first-order chi connectivity index (χ1) is 14.5. The first-order valence-corrected chi connectivity index (χ1v) is 10.7. The summed E-state index contributed by atoms with van der Waals surface area (Å²) in [5.41, 5.74) is 1.93. The van der Waals surface area contributed by atoms with Gasteiger partial charge in [0.1, 0.15) is 23.8 Å². The van der Waals surface area contributed by atoms with Crippen LogP contribution in [0.3, 0.4) is 0 Å². The Kier molecular flexibility index (Phi) is 6.06. The fourth-order valence-corrected chi connectivity index (χ4v) is 4.86. The van der Waals surface area contributed by atoms with Gasteiger partial charge in [0, 0.05) is 37.2 Å². The lowest BCUT2D eigenvalue weighted by Crippen LogP contribution is -2.57. The van der Waals surface area contributed by atoms with E-state index in [1.54, 1.807) is 12.1 Å². The second-order valence-electron chi connectivity index (χ2n) is 8.10. The normalized spacial score (nSPS) is 27.1. The minimum absolute atomic E-state index is 0.107. The van der Waals surface area contributed by atoms with Gasteiger partial charge in [-0.1, -0.05) is 30.3 Å². The molecule has 2 aliphatic rings. The van der Waals surface area contributed by atoms with Gasteiger partial charge < -0.3 is 20.1 Å². The number of aliphatic hydroxyl groups is 1. The lowest BCUT2D eigenvalue weighted by molar-refractivity contribution is -0.141. The van der Waals surface area contributed by atoms with Crippen molar-refractivity contribution in [3.8, 4) is 5.75 Å². The van der Waals surface area contributed by atoms with E-state index in [0.29, 0.717) is 26.1 Å². The van der Waals surface area contributed by atoms with Crippen LogP contribution in [0.2, 0.25) is 0 Å². The van der Waals surface area contributed by atoms with Crippen molar-refractivity contribution in [2.24, 2.45) is 5.92 Å². The smallest absolute Gasteiger partial charge is 0.226 e. The molecule has 30 heavy (non-hydrogen) atoms. The van der Waals surface area contributed by atoms with Crippen LogP contribution < -0.4 is 10.1 Å². The van der Waals surface area contributed by atoms with E-state index in [-0.39, 0.29) is 29.6 Å². The van der Waals surface area contributed by atoms with Crippen LogP contribution in [0.5, 0.6) is 5.75 Å². The second-order valence-corrected chi connectivity index (χ2v) is 8.10. The molecule has 2 aromatic carbocycles. The SMILES string of the molecule is CCN(CC)C(=O)C1C[C@@H](NCc2ccc(F)cc2)[C@H](O)[C@H]2Oc3ccccc3[C@@H]12. The predicted octanol–water partition coefficient (Wildman–Crippen LogP) is 3.08. The van der Waals surface area contributed by atoms with Gasteiger partial charge in [-0.15, -0.1) is 0 Å². The van der Waals surface area contributed by atoms with Gasteiger partial charge in [0.2, 0.25) is 5.91 Å². The van der Waals surface area contributed by atoms with Crippen LogP contribution >= 0.6 is 0 Å². The summed E-state index contributed by atoms with van der Waals surface area (Å²) in [5.74, 6) is 0.154. The number of hydrogen-bond donors (Lipinski definition) is 2.